The molecule has 0 aliphatic carbocycles. The number of nitrogens with zero attached hydrogens (tertiary/aromatic N) is 1. The van der Waals surface area contributed by atoms with E-state index >= 15 is 0 Å². The first kappa shape index (κ1) is 21.5. The van der Waals surface area contributed by atoms with Crippen molar-refractivity contribution in [3.05, 3.63) is 29.8 Å². The van der Waals surface area contributed by atoms with Crippen molar-refractivity contribution in [2.75, 3.05) is 13.1 Å². The molecule has 0 aromatic heterocycles. The number of likely N-dealkylation sites (tertiary alicyclic amines) is 1. The highest BCUT2D eigenvalue weighted by atomic mass is 32.2. The lowest BCUT2D eigenvalue weighted by Crippen LogP contribution is -2.49. The van der Waals surface area contributed by atoms with Crippen molar-refractivity contribution in [3.8, 4) is 0 Å². The van der Waals surface area contributed by atoms with E-state index in [-0.39, 0.29) is 18.4 Å². The molecule has 2 N–H and O–H groups in total. The Morgan fingerprint density at radius 2 is 1.88 bits per heavy atom. The highest BCUT2D eigenvalue weighted by Crippen LogP contribution is 2.22. The van der Waals surface area contributed by atoms with Gasteiger partial charge in [0.2, 0.25) is 0 Å². The lowest BCUT2D eigenvalue weighted by Gasteiger charge is -2.34. The molecule has 0 radical (unpaired) electrons. The fourth-order valence-electron chi connectivity index (χ4n) is 2.30. The summed E-state index contributed by atoms with van der Waals surface area (Å²) in [6.07, 6.45) is -2.47. The Kier molecular flexibility index (Phi) is 7.52. The predicted octanol–water partition coefficient (Wildman–Crippen LogP) is 2.56. The molecule has 1 amide bonds. The molecule has 1 aromatic rings. The van der Waals surface area contributed by atoms with Gasteiger partial charge in [-0.3, -0.25) is 4.18 Å². The van der Waals surface area contributed by atoms with Crippen LogP contribution in [0, 0.1) is 6.92 Å². The summed E-state index contributed by atoms with van der Waals surface area (Å²) >= 11 is -1.72. The number of piperidine rings is 1. The summed E-state index contributed by atoms with van der Waals surface area (Å²) in [5.74, 6) is 0. The second kappa shape index (κ2) is 8.73. The van der Waals surface area contributed by atoms with E-state index in [9.17, 15) is 13.4 Å². The molecule has 2 rings (SSSR count). The van der Waals surface area contributed by atoms with Crippen LogP contribution in [-0.4, -0.2) is 51.6 Å². The van der Waals surface area contributed by atoms with E-state index < -0.39 is 35.1 Å². The topological polar surface area (TPSA) is 87.3 Å². The van der Waals surface area contributed by atoms with Crippen LogP contribution in [0.15, 0.2) is 29.2 Å². The number of carbonyl (C=O) groups is 1. The van der Waals surface area contributed by atoms with Gasteiger partial charge >= 0.3 is 6.09 Å². The first-order chi connectivity index (χ1) is 11.2. The van der Waals surface area contributed by atoms with Crippen LogP contribution in [0.2, 0.25) is 0 Å². The third-order valence-corrected chi connectivity index (χ3v) is 4.64. The third kappa shape index (κ3) is 6.37. The molecule has 1 aromatic carbocycles. The number of ether oxygens (including phenoxy) is 1. The van der Waals surface area contributed by atoms with E-state index in [1.807, 2.05) is 19.1 Å². The van der Waals surface area contributed by atoms with Crippen molar-refractivity contribution in [3.63, 3.8) is 0 Å². The Bertz CT molecular complexity index is 602. The molecule has 1 fully saturated rings. The van der Waals surface area contributed by atoms with Crippen LogP contribution >= 0.6 is 0 Å². The van der Waals surface area contributed by atoms with Crippen LogP contribution in [0.3, 0.4) is 0 Å². The van der Waals surface area contributed by atoms with Crippen molar-refractivity contribution in [2.24, 2.45) is 0 Å². The quantitative estimate of drug-likeness (QED) is 0.812. The summed E-state index contributed by atoms with van der Waals surface area (Å²) in [6, 6.07) is 7.06. The lowest BCUT2D eigenvalue weighted by atomic mass is 10.1. The molecule has 1 unspecified atom stereocenters. The van der Waals surface area contributed by atoms with E-state index in [0.29, 0.717) is 11.4 Å². The molecule has 1 aliphatic rings. The van der Waals surface area contributed by atoms with Crippen LogP contribution in [-0.2, 0) is 20.0 Å². The molecule has 0 saturated carbocycles. The maximum atomic E-state index is 14.3. The van der Waals surface area contributed by atoms with Crippen LogP contribution in [0.4, 0.5) is 9.18 Å². The first-order valence-electron chi connectivity index (χ1n) is 7.93. The van der Waals surface area contributed by atoms with Crippen LogP contribution in [0.1, 0.15) is 32.8 Å². The number of carbonyl (C=O) groups excluding carboxylic acids is 1. The summed E-state index contributed by atoms with van der Waals surface area (Å²) in [7, 11) is 0. The van der Waals surface area contributed by atoms with Crippen molar-refractivity contribution >= 4 is 17.2 Å². The zero-order valence-electron chi connectivity index (χ0n) is 15.0. The third-order valence-electron chi connectivity index (χ3n) is 3.56. The molecular weight excluding hydrogens is 349 g/mol. The minimum absolute atomic E-state index is 0. The van der Waals surface area contributed by atoms with Gasteiger partial charge in [-0.25, -0.2) is 13.4 Å². The van der Waals surface area contributed by atoms with E-state index in [4.69, 9.17) is 8.92 Å². The van der Waals surface area contributed by atoms with E-state index in [1.54, 1.807) is 32.9 Å². The first-order valence-corrected chi connectivity index (χ1v) is 9.01. The van der Waals surface area contributed by atoms with Gasteiger partial charge in [0.05, 0.1) is 11.4 Å². The van der Waals surface area contributed by atoms with Crippen molar-refractivity contribution < 1.29 is 27.8 Å². The SMILES string of the molecule is Cc1ccc(S(=O)O[C@H]2CCN(C(=O)OC(C)(C)C)C[C@H]2F)cc1.O. The van der Waals surface area contributed by atoms with Crippen LogP contribution in [0.25, 0.3) is 0 Å². The minimum Gasteiger partial charge on any atom is -0.444 e. The van der Waals surface area contributed by atoms with E-state index in [2.05, 4.69) is 0 Å². The molecular formula is C17H26FNO5S. The number of alkyl halides is 1. The second-order valence-corrected chi connectivity index (χ2v) is 8.05. The Morgan fingerprint density at radius 1 is 1.28 bits per heavy atom. The molecule has 142 valence electrons. The molecule has 25 heavy (non-hydrogen) atoms. The highest BCUT2D eigenvalue weighted by molar-refractivity contribution is 7.80. The van der Waals surface area contributed by atoms with Gasteiger partial charge in [0.25, 0.3) is 0 Å². The Labute approximate surface area is 150 Å². The molecule has 6 nitrogen and oxygen atoms in total. The number of benzene rings is 1. The van der Waals surface area contributed by atoms with Gasteiger partial charge in [-0.15, -0.1) is 0 Å². The van der Waals surface area contributed by atoms with Crippen molar-refractivity contribution in [1.29, 1.82) is 0 Å². The van der Waals surface area contributed by atoms with E-state index in [0.717, 1.165) is 5.56 Å². The largest absolute Gasteiger partial charge is 0.444 e. The fourth-order valence-corrected chi connectivity index (χ4v) is 3.21. The van der Waals surface area contributed by atoms with Gasteiger partial charge in [-0.1, -0.05) is 17.7 Å². The summed E-state index contributed by atoms with van der Waals surface area (Å²) in [4.78, 5) is 13.8. The number of halogens is 1. The smallest absolute Gasteiger partial charge is 0.410 e. The van der Waals surface area contributed by atoms with Crippen LogP contribution < -0.4 is 0 Å². The van der Waals surface area contributed by atoms with Gasteiger partial charge in [0.15, 0.2) is 11.1 Å². The van der Waals surface area contributed by atoms with Crippen molar-refractivity contribution in [2.45, 2.75) is 56.9 Å². The average Bonchev–Trinajstić information content (AvgIpc) is 2.48. The molecule has 0 bridgehead atoms. The summed E-state index contributed by atoms with van der Waals surface area (Å²) < 4.78 is 37.1. The molecule has 8 heteroatoms. The number of rotatable bonds is 3. The molecule has 0 spiro atoms. The van der Waals surface area contributed by atoms with Crippen molar-refractivity contribution in [1.82, 2.24) is 4.90 Å². The zero-order valence-corrected chi connectivity index (χ0v) is 15.8. The number of aryl methyl sites for hydroxylation is 1. The molecule has 3 atom stereocenters. The second-order valence-electron chi connectivity index (χ2n) is 6.91. The standard InChI is InChI=1S/C17H24FNO4S.H2O/c1-12-5-7-13(8-6-12)24(21)23-15-9-10-19(11-14(15)18)16(20)22-17(2,3)4;/h5-8,14-15H,9-11H2,1-4H3;1H2/t14-,15+,24?;/m1./s1. The highest BCUT2D eigenvalue weighted by Gasteiger charge is 2.35. The molecule has 1 saturated heterocycles. The summed E-state index contributed by atoms with van der Waals surface area (Å²) in [5.41, 5.74) is 0.424. The lowest BCUT2D eigenvalue weighted by molar-refractivity contribution is -0.00766. The van der Waals surface area contributed by atoms with Gasteiger partial charge in [0.1, 0.15) is 17.9 Å². The Hall–Kier alpha value is -1.51. The van der Waals surface area contributed by atoms with E-state index in [1.165, 1.54) is 4.90 Å². The normalized spacial score (nSPS) is 22.0. The minimum atomic E-state index is -1.72. The molecule has 1 aliphatic heterocycles. The van der Waals surface area contributed by atoms with Crippen LogP contribution in [0.5, 0.6) is 0 Å². The summed E-state index contributed by atoms with van der Waals surface area (Å²) in [5, 5.41) is 0. The van der Waals surface area contributed by atoms with Gasteiger partial charge in [0, 0.05) is 6.54 Å². The van der Waals surface area contributed by atoms with Gasteiger partial charge in [-0.05, 0) is 46.2 Å². The maximum Gasteiger partial charge on any atom is 0.410 e. The Morgan fingerprint density at radius 3 is 2.40 bits per heavy atom. The fraction of sp³-hybridized carbons (Fsp3) is 0.588. The maximum absolute atomic E-state index is 14.3. The Balaban J connectivity index is 0.00000312. The predicted molar refractivity (Wildman–Crippen MR) is 93.4 cm³/mol. The number of hydrogen-bond acceptors (Lipinski definition) is 4. The average molecular weight is 375 g/mol. The molecule has 1 heterocycles. The van der Waals surface area contributed by atoms with Gasteiger partial charge < -0.3 is 15.1 Å². The zero-order chi connectivity index (χ0) is 17.9. The monoisotopic (exact) mass is 375 g/mol. The van der Waals surface area contributed by atoms with Gasteiger partial charge in [-0.2, -0.15) is 0 Å². The number of amides is 1. The summed E-state index contributed by atoms with van der Waals surface area (Å²) in [6.45, 7) is 7.41. The number of hydrogen-bond donors (Lipinski definition) is 0.